The van der Waals surface area contributed by atoms with Crippen LogP contribution in [0.1, 0.15) is 26.3 Å². The topological polar surface area (TPSA) is 62.1 Å². The number of hydrogen-bond donors (Lipinski definition) is 1. The van der Waals surface area contributed by atoms with E-state index in [-0.39, 0.29) is 18.4 Å². The SMILES string of the molecule is Cc1ccc(Cl)c(OCC(=O)NC(C)(C#N)C(C)C)c1. The molecule has 0 fully saturated rings. The molecule has 0 aromatic heterocycles. The molecule has 1 aromatic carbocycles. The van der Waals surface area contributed by atoms with Crippen molar-refractivity contribution in [2.75, 3.05) is 6.61 Å². The minimum absolute atomic E-state index is 0.000919. The van der Waals surface area contributed by atoms with Crippen LogP contribution in [0.25, 0.3) is 0 Å². The van der Waals surface area contributed by atoms with Gasteiger partial charge in [0.25, 0.3) is 5.91 Å². The Labute approximate surface area is 124 Å². The fourth-order valence-corrected chi connectivity index (χ4v) is 1.66. The van der Waals surface area contributed by atoms with Crippen molar-refractivity contribution in [2.45, 2.75) is 33.2 Å². The van der Waals surface area contributed by atoms with E-state index in [2.05, 4.69) is 11.4 Å². The molecule has 1 atom stereocenters. The second-order valence-electron chi connectivity index (χ2n) is 5.24. The van der Waals surface area contributed by atoms with Crippen LogP contribution in [0, 0.1) is 24.2 Å². The maximum absolute atomic E-state index is 11.9. The number of hydrogen-bond acceptors (Lipinski definition) is 3. The van der Waals surface area contributed by atoms with Crippen molar-refractivity contribution in [1.29, 1.82) is 5.26 Å². The van der Waals surface area contributed by atoms with Gasteiger partial charge >= 0.3 is 0 Å². The summed E-state index contributed by atoms with van der Waals surface area (Å²) in [6, 6.07) is 7.46. The maximum Gasteiger partial charge on any atom is 0.259 e. The first-order valence-electron chi connectivity index (χ1n) is 6.39. The van der Waals surface area contributed by atoms with Crippen LogP contribution in [0.4, 0.5) is 0 Å². The van der Waals surface area contributed by atoms with Gasteiger partial charge in [-0.2, -0.15) is 5.26 Å². The van der Waals surface area contributed by atoms with Crippen LogP contribution in [0.15, 0.2) is 18.2 Å². The minimum atomic E-state index is -0.906. The van der Waals surface area contributed by atoms with Crippen molar-refractivity contribution in [3.05, 3.63) is 28.8 Å². The predicted molar refractivity (Wildman–Crippen MR) is 78.7 cm³/mol. The molecule has 0 saturated heterocycles. The molecule has 1 N–H and O–H groups in total. The zero-order valence-corrected chi connectivity index (χ0v) is 12.9. The summed E-state index contributed by atoms with van der Waals surface area (Å²) in [5.41, 5.74) is 0.0884. The molecule has 0 radical (unpaired) electrons. The minimum Gasteiger partial charge on any atom is -0.482 e. The molecule has 108 valence electrons. The normalized spacial score (nSPS) is 13.4. The van der Waals surface area contributed by atoms with Gasteiger partial charge in [-0.3, -0.25) is 4.79 Å². The van der Waals surface area contributed by atoms with Crippen LogP contribution in [0.3, 0.4) is 0 Å². The van der Waals surface area contributed by atoms with E-state index in [4.69, 9.17) is 21.6 Å². The molecule has 5 heteroatoms. The highest BCUT2D eigenvalue weighted by Gasteiger charge is 2.30. The number of carbonyl (C=O) groups excluding carboxylic acids is 1. The van der Waals surface area contributed by atoms with Gasteiger partial charge in [0.05, 0.1) is 11.1 Å². The highest BCUT2D eigenvalue weighted by molar-refractivity contribution is 6.32. The molecule has 1 unspecified atom stereocenters. The summed E-state index contributed by atoms with van der Waals surface area (Å²) in [4.78, 5) is 11.9. The zero-order chi connectivity index (χ0) is 15.3. The quantitative estimate of drug-likeness (QED) is 0.908. The summed E-state index contributed by atoms with van der Waals surface area (Å²) in [6.45, 7) is 7.18. The summed E-state index contributed by atoms with van der Waals surface area (Å²) in [5, 5.41) is 12.3. The highest BCUT2D eigenvalue weighted by Crippen LogP contribution is 2.25. The van der Waals surface area contributed by atoms with Gasteiger partial charge in [0, 0.05) is 0 Å². The molecule has 1 amide bonds. The van der Waals surface area contributed by atoms with E-state index in [0.717, 1.165) is 5.56 Å². The summed E-state index contributed by atoms with van der Waals surface area (Å²) in [7, 11) is 0. The molecule has 20 heavy (non-hydrogen) atoms. The number of nitrogens with one attached hydrogen (secondary N) is 1. The zero-order valence-electron chi connectivity index (χ0n) is 12.2. The van der Waals surface area contributed by atoms with E-state index < -0.39 is 5.54 Å². The molecule has 0 heterocycles. The first-order valence-corrected chi connectivity index (χ1v) is 6.77. The Morgan fingerprint density at radius 1 is 1.55 bits per heavy atom. The van der Waals surface area contributed by atoms with Crippen molar-refractivity contribution >= 4 is 17.5 Å². The van der Waals surface area contributed by atoms with E-state index in [1.165, 1.54) is 0 Å². The lowest BCUT2D eigenvalue weighted by atomic mass is 9.90. The Kier molecular flexibility index (Phi) is 5.41. The van der Waals surface area contributed by atoms with Crippen molar-refractivity contribution in [3.63, 3.8) is 0 Å². The third kappa shape index (κ3) is 4.14. The Morgan fingerprint density at radius 3 is 2.75 bits per heavy atom. The molecule has 0 saturated carbocycles. The molecule has 0 aliphatic heterocycles. The number of ether oxygens (including phenoxy) is 1. The number of amides is 1. The lowest BCUT2D eigenvalue weighted by Crippen LogP contribution is -2.50. The third-order valence-corrected chi connectivity index (χ3v) is 3.54. The summed E-state index contributed by atoms with van der Waals surface area (Å²) >= 11 is 5.98. The first kappa shape index (κ1) is 16.3. The van der Waals surface area contributed by atoms with Gasteiger partial charge in [-0.25, -0.2) is 0 Å². The van der Waals surface area contributed by atoms with Crippen LogP contribution in [0.2, 0.25) is 5.02 Å². The smallest absolute Gasteiger partial charge is 0.259 e. The maximum atomic E-state index is 11.9. The van der Waals surface area contributed by atoms with Crippen molar-refractivity contribution in [3.8, 4) is 11.8 Å². The Hall–Kier alpha value is -1.73. The highest BCUT2D eigenvalue weighted by atomic mass is 35.5. The average Bonchev–Trinajstić information content (AvgIpc) is 2.39. The van der Waals surface area contributed by atoms with Crippen LogP contribution < -0.4 is 10.1 Å². The fourth-order valence-electron chi connectivity index (χ4n) is 1.49. The van der Waals surface area contributed by atoms with Gasteiger partial charge in [0.2, 0.25) is 0 Å². The second-order valence-corrected chi connectivity index (χ2v) is 5.65. The van der Waals surface area contributed by atoms with E-state index in [0.29, 0.717) is 10.8 Å². The Morgan fingerprint density at radius 2 is 2.20 bits per heavy atom. The molecule has 4 nitrogen and oxygen atoms in total. The number of nitrogens with zero attached hydrogens (tertiary/aromatic N) is 1. The van der Waals surface area contributed by atoms with Crippen molar-refractivity contribution in [1.82, 2.24) is 5.32 Å². The molecule has 0 aliphatic rings. The summed E-state index contributed by atoms with van der Waals surface area (Å²) in [5.74, 6) is 0.115. The van der Waals surface area contributed by atoms with Gasteiger partial charge < -0.3 is 10.1 Å². The van der Waals surface area contributed by atoms with Crippen molar-refractivity contribution < 1.29 is 9.53 Å². The van der Waals surface area contributed by atoms with Crippen molar-refractivity contribution in [2.24, 2.45) is 5.92 Å². The molecule has 0 aliphatic carbocycles. The third-order valence-electron chi connectivity index (χ3n) is 3.23. The largest absolute Gasteiger partial charge is 0.482 e. The molecule has 0 spiro atoms. The van der Waals surface area contributed by atoms with E-state index >= 15 is 0 Å². The molecule has 1 aromatic rings. The summed E-state index contributed by atoms with van der Waals surface area (Å²) < 4.78 is 5.40. The average molecular weight is 295 g/mol. The van der Waals surface area contributed by atoms with Gasteiger partial charge in [-0.1, -0.05) is 31.5 Å². The van der Waals surface area contributed by atoms with Crippen LogP contribution >= 0.6 is 11.6 Å². The standard InChI is InChI=1S/C15H19ClN2O2/c1-10(2)15(4,9-17)18-14(19)8-20-13-7-11(3)5-6-12(13)16/h5-7,10H,8H2,1-4H3,(H,18,19). The van der Waals surface area contributed by atoms with E-state index in [1.807, 2.05) is 26.8 Å². The van der Waals surface area contributed by atoms with Crippen LogP contribution in [-0.2, 0) is 4.79 Å². The molecular weight excluding hydrogens is 276 g/mol. The fraction of sp³-hybridized carbons (Fsp3) is 0.467. The number of benzene rings is 1. The van der Waals surface area contributed by atoms with E-state index in [1.54, 1.807) is 19.1 Å². The predicted octanol–water partition coefficient (Wildman–Crippen LogP) is 3.08. The second kappa shape index (κ2) is 6.62. The van der Waals surface area contributed by atoms with Gasteiger partial charge in [-0.15, -0.1) is 0 Å². The van der Waals surface area contributed by atoms with Gasteiger partial charge in [0.15, 0.2) is 6.61 Å². The van der Waals surface area contributed by atoms with Crippen LogP contribution in [0.5, 0.6) is 5.75 Å². The van der Waals surface area contributed by atoms with Crippen LogP contribution in [-0.4, -0.2) is 18.1 Å². The number of carbonyl (C=O) groups is 1. The number of aryl methyl sites for hydroxylation is 1. The number of nitriles is 1. The molecule has 0 bridgehead atoms. The van der Waals surface area contributed by atoms with E-state index in [9.17, 15) is 4.79 Å². The molecular formula is C15H19ClN2O2. The van der Waals surface area contributed by atoms with Gasteiger partial charge in [-0.05, 0) is 37.5 Å². The molecule has 1 rings (SSSR count). The summed E-state index contributed by atoms with van der Waals surface area (Å²) in [6.07, 6.45) is 0. The first-order chi connectivity index (χ1) is 9.28. The Balaban J connectivity index is 2.65. The lowest BCUT2D eigenvalue weighted by Gasteiger charge is -2.27. The number of rotatable bonds is 5. The Bertz CT molecular complexity index is 537. The monoisotopic (exact) mass is 294 g/mol. The van der Waals surface area contributed by atoms with Gasteiger partial charge in [0.1, 0.15) is 11.3 Å². The lowest BCUT2D eigenvalue weighted by molar-refractivity contribution is -0.124. The number of halogens is 1.